The zero-order valence-electron chi connectivity index (χ0n) is 21.3. The minimum Gasteiger partial charge on any atom is -0.453 e. The molecular weight excluding hydrogens is 548 g/mol. The molecule has 1 aromatic heterocycles. The van der Waals surface area contributed by atoms with E-state index in [9.17, 15) is 22.8 Å². The Kier molecular flexibility index (Phi) is 7.23. The number of hydrazine groups is 1. The number of amides is 3. The average Bonchev–Trinajstić information content (AvgIpc) is 3.46. The van der Waals surface area contributed by atoms with Crippen LogP contribution in [0.15, 0.2) is 47.5 Å². The van der Waals surface area contributed by atoms with Crippen molar-refractivity contribution in [2.24, 2.45) is 0 Å². The molecule has 3 aromatic rings. The summed E-state index contributed by atoms with van der Waals surface area (Å²) in [5, 5.41) is 7.84. The Morgan fingerprint density at radius 3 is 2.49 bits per heavy atom. The number of sulfone groups is 1. The van der Waals surface area contributed by atoms with Gasteiger partial charge in [0.2, 0.25) is 5.91 Å². The van der Waals surface area contributed by atoms with Gasteiger partial charge in [-0.1, -0.05) is 23.7 Å². The monoisotopic (exact) mass is 574 g/mol. The third-order valence-electron chi connectivity index (χ3n) is 6.94. The minimum absolute atomic E-state index is 0.0211. The van der Waals surface area contributed by atoms with Crippen LogP contribution < -0.4 is 5.32 Å². The molecule has 1 saturated heterocycles. The molecule has 2 aliphatic heterocycles. The summed E-state index contributed by atoms with van der Waals surface area (Å²) in [6, 6.07) is 8.15. The molecule has 12 nitrogen and oxygen atoms in total. The fourth-order valence-corrected chi connectivity index (χ4v) is 6.50. The van der Waals surface area contributed by atoms with Crippen LogP contribution in [-0.2, 0) is 25.9 Å². The van der Waals surface area contributed by atoms with Crippen molar-refractivity contribution in [3.05, 3.63) is 59.1 Å². The van der Waals surface area contributed by atoms with Gasteiger partial charge in [0.15, 0.2) is 9.84 Å². The van der Waals surface area contributed by atoms with Gasteiger partial charge in [-0.15, -0.1) is 0 Å². The van der Waals surface area contributed by atoms with Crippen LogP contribution in [0.5, 0.6) is 0 Å². The number of methoxy groups -OCH3 is 1. The summed E-state index contributed by atoms with van der Waals surface area (Å²) >= 11 is 6.02. The van der Waals surface area contributed by atoms with E-state index in [4.69, 9.17) is 11.6 Å². The molecule has 0 aliphatic carbocycles. The number of benzene rings is 2. The van der Waals surface area contributed by atoms with Gasteiger partial charge in [-0.2, -0.15) is 0 Å². The van der Waals surface area contributed by atoms with Crippen LogP contribution >= 0.6 is 11.6 Å². The SMILES string of the molecule is COC(=O)N[C@H](CS(=O)(=O)c1ccc2cc(Cl)ccc2c1)C(=O)N1CCN(N2Cc3cnc(C)n3C2=O)CC1. The maximum absolute atomic E-state index is 13.4. The van der Waals surface area contributed by atoms with Gasteiger partial charge in [0, 0.05) is 31.2 Å². The molecule has 39 heavy (non-hydrogen) atoms. The standard InChI is InChI=1S/C25H27ClN6O6S/c1-16-27-13-20-14-31(25(35)32(16)20)30-9-7-29(8-10-30)23(33)22(28-24(34)38-2)15-39(36,37)21-6-4-17-11-19(26)5-3-18(17)12-21/h3-6,11-13,22H,7-10,14-15H2,1-2H3,(H,28,34)/t22-/m1/s1. The number of aromatic nitrogens is 2. The fraction of sp³-hybridized carbons (Fsp3) is 0.360. The Morgan fingerprint density at radius 1 is 1.10 bits per heavy atom. The number of piperazine rings is 1. The highest BCUT2D eigenvalue weighted by molar-refractivity contribution is 7.91. The number of rotatable bonds is 6. The normalized spacial score (nSPS) is 16.8. The van der Waals surface area contributed by atoms with Crippen molar-refractivity contribution in [3.63, 3.8) is 0 Å². The van der Waals surface area contributed by atoms with Crippen LogP contribution in [0.25, 0.3) is 10.8 Å². The maximum Gasteiger partial charge on any atom is 0.407 e. The van der Waals surface area contributed by atoms with Gasteiger partial charge >= 0.3 is 12.1 Å². The lowest BCUT2D eigenvalue weighted by Crippen LogP contribution is -2.59. The summed E-state index contributed by atoms with van der Waals surface area (Å²) in [6.07, 6.45) is 0.755. The molecule has 14 heteroatoms. The molecule has 2 aliphatic rings. The lowest BCUT2D eigenvalue weighted by molar-refractivity contribution is -0.136. The molecule has 206 valence electrons. The van der Waals surface area contributed by atoms with Crippen LogP contribution in [0.3, 0.4) is 0 Å². The lowest BCUT2D eigenvalue weighted by atomic mass is 10.1. The van der Waals surface area contributed by atoms with E-state index in [1.807, 2.05) is 5.01 Å². The third kappa shape index (κ3) is 5.29. The molecule has 0 unspecified atom stereocenters. The number of carbonyl (C=O) groups is 3. The van der Waals surface area contributed by atoms with E-state index in [-0.39, 0.29) is 24.0 Å². The number of halogens is 1. The quantitative estimate of drug-likeness (QED) is 0.473. The summed E-state index contributed by atoms with van der Waals surface area (Å²) in [6.45, 7) is 3.35. The van der Waals surface area contributed by atoms with E-state index >= 15 is 0 Å². The summed E-state index contributed by atoms with van der Waals surface area (Å²) in [5.74, 6) is -0.582. The van der Waals surface area contributed by atoms with E-state index in [2.05, 4.69) is 15.0 Å². The highest BCUT2D eigenvalue weighted by atomic mass is 35.5. The van der Waals surface area contributed by atoms with Gasteiger partial charge in [0.25, 0.3) is 0 Å². The van der Waals surface area contributed by atoms with Gasteiger partial charge in [-0.3, -0.25) is 9.80 Å². The molecule has 2 aromatic carbocycles. The molecule has 5 rings (SSSR count). The zero-order valence-corrected chi connectivity index (χ0v) is 22.9. The van der Waals surface area contributed by atoms with E-state index in [1.165, 1.54) is 17.0 Å². The average molecular weight is 575 g/mol. The predicted molar refractivity (Wildman–Crippen MR) is 142 cm³/mol. The molecule has 1 fully saturated rings. The van der Waals surface area contributed by atoms with Gasteiger partial charge < -0.3 is 15.0 Å². The summed E-state index contributed by atoms with van der Waals surface area (Å²) < 4.78 is 32.9. The smallest absolute Gasteiger partial charge is 0.407 e. The maximum atomic E-state index is 13.4. The largest absolute Gasteiger partial charge is 0.453 e. The van der Waals surface area contributed by atoms with Crippen molar-refractivity contribution >= 4 is 50.2 Å². The number of hydrogen-bond acceptors (Lipinski definition) is 8. The number of nitrogens with zero attached hydrogens (tertiary/aromatic N) is 5. The topological polar surface area (TPSA) is 134 Å². The second kappa shape index (κ2) is 10.5. The number of ether oxygens (including phenoxy) is 1. The summed E-state index contributed by atoms with van der Waals surface area (Å²) in [5.41, 5.74) is 0.792. The zero-order chi connectivity index (χ0) is 27.9. The first-order valence-corrected chi connectivity index (χ1v) is 14.3. The first-order valence-electron chi connectivity index (χ1n) is 12.2. The number of aryl methyl sites for hydroxylation is 1. The van der Waals surface area contributed by atoms with Crippen LogP contribution in [-0.4, -0.2) is 96.0 Å². The Bertz CT molecular complexity index is 1570. The van der Waals surface area contributed by atoms with Gasteiger partial charge in [-0.05, 0) is 42.0 Å². The van der Waals surface area contributed by atoms with Crippen molar-refractivity contribution in [2.45, 2.75) is 24.4 Å². The summed E-state index contributed by atoms with van der Waals surface area (Å²) in [4.78, 5) is 44.0. The Morgan fingerprint density at radius 2 is 1.79 bits per heavy atom. The Balaban J connectivity index is 1.29. The molecule has 0 bridgehead atoms. The molecule has 0 radical (unpaired) electrons. The van der Waals surface area contributed by atoms with Crippen molar-refractivity contribution in [2.75, 3.05) is 39.0 Å². The molecule has 0 spiro atoms. The number of hydrogen-bond donors (Lipinski definition) is 1. The lowest BCUT2D eigenvalue weighted by Gasteiger charge is -2.39. The number of nitrogens with one attached hydrogen (secondary N) is 1. The Hall–Kier alpha value is -3.68. The second-order valence-electron chi connectivity index (χ2n) is 9.37. The van der Waals surface area contributed by atoms with Gasteiger partial charge in [-0.25, -0.2) is 32.6 Å². The molecule has 3 heterocycles. The number of fused-ring (bicyclic) bond motifs is 2. The van der Waals surface area contributed by atoms with E-state index in [0.717, 1.165) is 18.2 Å². The van der Waals surface area contributed by atoms with Gasteiger partial charge in [0.05, 0.1) is 36.2 Å². The number of imidazole rings is 1. The van der Waals surface area contributed by atoms with Gasteiger partial charge in [0.1, 0.15) is 11.9 Å². The highest BCUT2D eigenvalue weighted by Crippen LogP contribution is 2.25. The molecule has 1 N–H and O–H groups in total. The van der Waals surface area contributed by atoms with Crippen molar-refractivity contribution in [3.8, 4) is 0 Å². The van der Waals surface area contributed by atoms with Crippen LogP contribution in [0.2, 0.25) is 5.02 Å². The van der Waals surface area contributed by atoms with Crippen LogP contribution in [0, 0.1) is 6.92 Å². The predicted octanol–water partition coefficient (Wildman–Crippen LogP) is 2.04. The highest BCUT2D eigenvalue weighted by Gasteiger charge is 2.37. The van der Waals surface area contributed by atoms with Crippen LogP contribution in [0.4, 0.5) is 9.59 Å². The molecule has 3 amide bonds. The molecule has 0 saturated carbocycles. The minimum atomic E-state index is -3.98. The van der Waals surface area contributed by atoms with E-state index in [0.29, 0.717) is 35.9 Å². The number of alkyl carbamates (subject to hydrolysis) is 1. The summed E-state index contributed by atoms with van der Waals surface area (Å²) in [7, 11) is -2.84. The first-order chi connectivity index (χ1) is 18.6. The van der Waals surface area contributed by atoms with Crippen molar-refractivity contribution in [1.29, 1.82) is 0 Å². The van der Waals surface area contributed by atoms with Crippen LogP contribution in [0.1, 0.15) is 11.5 Å². The first kappa shape index (κ1) is 26.9. The molecular formula is C25H27ClN6O6S. The van der Waals surface area contributed by atoms with E-state index < -0.39 is 33.6 Å². The Labute approximate surface area is 230 Å². The second-order valence-corrected chi connectivity index (χ2v) is 11.8. The fourth-order valence-electron chi connectivity index (χ4n) is 4.88. The third-order valence-corrected chi connectivity index (χ3v) is 8.92. The number of carbonyl (C=O) groups excluding carboxylic acids is 3. The molecule has 1 atom stereocenters. The van der Waals surface area contributed by atoms with Crippen molar-refractivity contribution in [1.82, 2.24) is 29.8 Å². The van der Waals surface area contributed by atoms with E-state index in [1.54, 1.807) is 47.0 Å². The van der Waals surface area contributed by atoms with Crippen molar-refractivity contribution < 1.29 is 27.5 Å².